The lowest BCUT2D eigenvalue weighted by atomic mass is 10.2. The van der Waals surface area contributed by atoms with Crippen LogP contribution in [0.1, 0.15) is 16.8 Å². The number of nitrogens with zero attached hydrogens (tertiary/aromatic N) is 2. The molecule has 2 aromatic rings. The molecule has 0 bridgehead atoms. The van der Waals surface area contributed by atoms with Gasteiger partial charge in [0, 0.05) is 11.8 Å². The van der Waals surface area contributed by atoms with Gasteiger partial charge in [-0.2, -0.15) is 0 Å². The van der Waals surface area contributed by atoms with E-state index in [2.05, 4.69) is 4.98 Å². The molecule has 9 heteroatoms. The van der Waals surface area contributed by atoms with Crippen molar-refractivity contribution < 1.29 is 46.4 Å². The Kier molecular flexibility index (Phi) is 7.80. The summed E-state index contributed by atoms with van der Waals surface area (Å²) in [5, 5.41) is 28.8. The van der Waals surface area contributed by atoms with Gasteiger partial charge in [0.05, 0.1) is 25.4 Å². The van der Waals surface area contributed by atoms with E-state index in [1.165, 1.54) is 0 Å². The SMILES string of the molecule is C[n+]1cccnc1SCCCOC(=O)c1cc(O)c(O)c(O)c1.[Br-]. The maximum Gasteiger partial charge on any atom is 0.358 e. The summed E-state index contributed by atoms with van der Waals surface area (Å²) in [6.07, 6.45) is 4.24. The van der Waals surface area contributed by atoms with Gasteiger partial charge >= 0.3 is 11.1 Å². The number of phenols is 3. The molecular weight excluding hydrogens is 400 g/mol. The Bertz CT molecular complexity index is 691. The predicted molar refractivity (Wildman–Crippen MR) is 82.5 cm³/mol. The minimum Gasteiger partial charge on any atom is -1.00 e. The molecule has 7 nitrogen and oxygen atoms in total. The first-order valence-corrected chi connectivity index (χ1v) is 7.83. The number of esters is 1. The average molecular weight is 417 g/mol. The largest absolute Gasteiger partial charge is 1.00 e. The lowest BCUT2D eigenvalue weighted by molar-refractivity contribution is -0.713. The van der Waals surface area contributed by atoms with E-state index in [4.69, 9.17) is 4.74 Å². The molecule has 2 rings (SSSR count). The summed E-state index contributed by atoms with van der Waals surface area (Å²) in [6.45, 7) is 0.199. The number of aromatic nitrogens is 2. The fourth-order valence-corrected chi connectivity index (χ4v) is 2.61. The highest BCUT2D eigenvalue weighted by Crippen LogP contribution is 2.35. The Morgan fingerprint density at radius 2 is 1.96 bits per heavy atom. The lowest BCUT2D eigenvalue weighted by Crippen LogP contribution is -3.00. The van der Waals surface area contributed by atoms with Crippen molar-refractivity contribution in [1.82, 2.24) is 4.98 Å². The van der Waals surface area contributed by atoms with E-state index in [9.17, 15) is 20.1 Å². The molecule has 0 aliphatic heterocycles. The second-order valence-corrected chi connectivity index (χ2v) is 5.78. The number of aromatic hydroxyl groups is 3. The van der Waals surface area contributed by atoms with E-state index in [1.54, 1.807) is 18.0 Å². The van der Waals surface area contributed by atoms with Gasteiger partial charge < -0.3 is 37.0 Å². The van der Waals surface area contributed by atoms with Crippen molar-refractivity contribution in [3.8, 4) is 17.2 Å². The molecule has 0 radical (unpaired) electrons. The van der Waals surface area contributed by atoms with E-state index >= 15 is 0 Å². The lowest BCUT2D eigenvalue weighted by Gasteiger charge is -2.06. The second-order valence-electron chi connectivity index (χ2n) is 4.71. The summed E-state index contributed by atoms with van der Waals surface area (Å²) in [4.78, 5) is 16.0. The van der Waals surface area contributed by atoms with Gasteiger partial charge in [-0.15, -0.1) is 0 Å². The molecule has 0 amide bonds. The minimum atomic E-state index is -0.677. The van der Waals surface area contributed by atoms with Crippen LogP contribution in [0.25, 0.3) is 0 Å². The molecule has 0 fully saturated rings. The zero-order chi connectivity index (χ0) is 16.8. The van der Waals surface area contributed by atoms with E-state index in [-0.39, 0.29) is 29.2 Å². The normalized spacial score (nSPS) is 10.0. The number of carbonyl (C=O) groups excluding carboxylic acids is 1. The van der Waals surface area contributed by atoms with Crippen LogP contribution in [0.15, 0.2) is 35.7 Å². The Balaban J connectivity index is 0.00000288. The van der Waals surface area contributed by atoms with Crippen LogP contribution in [0.5, 0.6) is 17.2 Å². The zero-order valence-corrected chi connectivity index (χ0v) is 15.2. The van der Waals surface area contributed by atoms with E-state index in [1.807, 2.05) is 23.9 Å². The van der Waals surface area contributed by atoms with Crippen LogP contribution in [0.3, 0.4) is 0 Å². The highest BCUT2D eigenvalue weighted by atomic mass is 79.9. The second kappa shape index (κ2) is 9.33. The van der Waals surface area contributed by atoms with Gasteiger partial charge in [-0.25, -0.2) is 9.36 Å². The molecule has 3 N–H and O–H groups in total. The van der Waals surface area contributed by atoms with Crippen LogP contribution in [-0.4, -0.2) is 38.6 Å². The van der Waals surface area contributed by atoms with Gasteiger partial charge in [0.2, 0.25) is 0 Å². The molecule has 24 heavy (non-hydrogen) atoms. The summed E-state index contributed by atoms with van der Waals surface area (Å²) in [7, 11) is 1.90. The quantitative estimate of drug-likeness (QED) is 0.129. The van der Waals surface area contributed by atoms with Crippen LogP contribution < -0.4 is 21.5 Å². The van der Waals surface area contributed by atoms with E-state index in [0.29, 0.717) is 6.42 Å². The fourth-order valence-electron chi connectivity index (χ4n) is 1.76. The first-order valence-electron chi connectivity index (χ1n) is 6.84. The van der Waals surface area contributed by atoms with E-state index < -0.39 is 23.2 Å². The zero-order valence-electron chi connectivity index (χ0n) is 12.8. The van der Waals surface area contributed by atoms with Crippen molar-refractivity contribution in [3.63, 3.8) is 0 Å². The third-order valence-electron chi connectivity index (χ3n) is 2.94. The third-order valence-corrected chi connectivity index (χ3v) is 4.09. The van der Waals surface area contributed by atoms with Crippen LogP contribution in [0.4, 0.5) is 0 Å². The van der Waals surface area contributed by atoms with Gasteiger partial charge in [-0.3, -0.25) is 0 Å². The molecule has 0 aliphatic rings. The summed E-state index contributed by atoms with van der Waals surface area (Å²) >= 11 is 1.55. The first-order chi connectivity index (χ1) is 11.0. The molecule has 0 aliphatic carbocycles. The van der Waals surface area contributed by atoms with Crippen LogP contribution in [0, 0.1) is 0 Å². The number of hydrogen-bond acceptors (Lipinski definition) is 7. The van der Waals surface area contributed by atoms with Gasteiger partial charge in [-0.05, 0) is 35.3 Å². The number of benzene rings is 1. The van der Waals surface area contributed by atoms with Crippen molar-refractivity contribution in [2.24, 2.45) is 7.05 Å². The minimum absolute atomic E-state index is 0. The Labute approximate surface area is 153 Å². The predicted octanol–water partition coefficient (Wildman–Crippen LogP) is -1.63. The van der Waals surface area contributed by atoms with Gasteiger partial charge in [-0.1, -0.05) is 0 Å². The van der Waals surface area contributed by atoms with Crippen LogP contribution >= 0.6 is 11.8 Å². The number of halogens is 1. The fraction of sp³-hybridized carbons (Fsp3) is 0.267. The first kappa shape index (κ1) is 20.0. The molecule has 0 spiro atoms. The van der Waals surface area contributed by atoms with Gasteiger partial charge in [0.15, 0.2) is 17.2 Å². The molecule has 0 saturated heterocycles. The smallest absolute Gasteiger partial charge is 0.358 e. The molecule has 1 aromatic carbocycles. The number of phenolic OH excluding ortho intramolecular Hbond substituents is 3. The Morgan fingerprint density at radius 3 is 2.58 bits per heavy atom. The number of carbonyl (C=O) groups is 1. The number of aryl methyl sites for hydroxylation is 1. The maximum absolute atomic E-state index is 11.8. The molecule has 0 atom stereocenters. The number of hydrogen-bond donors (Lipinski definition) is 3. The summed E-state index contributed by atoms with van der Waals surface area (Å²) < 4.78 is 6.96. The highest BCUT2D eigenvalue weighted by Gasteiger charge is 2.14. The third kappa shape index (κ3) is 5.27. The molecule has 1 heterocycles. The van der Waals surface area contributed by atoms with Gasteiger partial charge in [0.25, 0.3) is 0 Å². The standard InChI is InChI=1S/C15H16N2O5S.BrH/c1-17-5-2-4-16-15(17)23-7-3-6-22-14(21)10-8-11(18)13(20)12(19)9-10;/h2,4-5,8-9H,3,6-7H2,1H3,(H2-,18,19,20,21);1H. The molecular formula is C15H17BrN2O5S. The van der Waals surface area contributed by atoms with Crippen molar-refractivity contribution >= 4 is 17.7 Å². The van der Waals surface area contributed by atoms with Crippen LogP contribution in [0.2, 0.25) is 0 Å². The van der Waals surface area contributed by atoms with Gasteiger partial charge in [0.1, 0.15) is 6.20 Å². The molecule has 0 unspecified atom stereocenters. The molecule has 0 saturated carbocycles. The van der Waals surface area contributed by atoms with Crippen molar-refractivity contribution in [2.45, 2.75) is 11.6 Å². The number of thioether (sulfide) groups is 1. The van der Waals surface area contributed by atoms with Crippen molar-refractivity contribution in [1.29, 1.82) is 0 Å². The summed E-state index contributed by atoms with van der Waals surface area (Å²) in [5.74, 6) is -1.76. The number of ether oxygens (including phenoxy) is 1. The summed E-state index contributed by atoms with van der Waals surface area (Å²) in [5.41, 5.74) is -0.0263. The Morgan fingerprint density at radius 1 is 1.29 bits per heavy atom. The Hall–Kier alpha value is -2.00. The number of rotatable bonds is 6. The monoisotopic (exact) mass is 416 g/mol. The summed E-state index contributed by atoms with van der Waals surface area (Å²) in [6, 6.07) is 3.92. The van der Waals surface area contributed by atoms with Crippen molar-refractivity contribution in [3.05, 3.63) is 36.2 Å². The highest BCUT2D eigenvalue weighted by molar-refractivity contribution is 7.99. The topological polar surface area (TPSA) is 104 Å². The maximum atomic E-state index is 11.8. The van der Waals surface area contributed by atoms with Crippen LogP contribution in [-0.2, 0) is 11.8 Å². The molecule has 1 aromatic heterocycles. The van der Waals surface area contributed by atoms with Crippen molar-refractivity contribution in [2.75, 3.05) is 12.4 Å². The average Bonchev–Trinajstić information content (AvgIpc) is 2.53. The van der Waals surface area contributed by atoms with E-state index in [0.717, 1.165) is 23.0 Å². The molecule has 130 valence electrons.